The van der Waals surface area contributed by atoms with Crippen LogP contribution in [0.15, 0.2) is 58.3 Å². The smallest absolute Gasteiger partial charge is 0.224 e. The summed E-state index contributed by atoms with van der Waals surface area (Å²) in [6.07, 6.45) is 0.281. The lowest BCUT2D eigenvalue weighted by Crippen LogP contribution is -2.44. The van der Waals surface area contributed by atoms with Crippen LogP contribution in [-0.4, -0.2) is 52.5 Å². The van der Waals surface area contributed by atoms with E-state index in [2.05, 4.69) is 22.2 Å². The van der Waals surface area contributed by atoms with Gasteiger partial charge in [0.15, 0.2) is 0 Å². The zero-order valence-electron chi connectivity index (χ0n) is 15.7. The molecule has 1 N–H and O–H groups in total. The highest BCUT2D eigenvalue weighted by Gasteiger charge is 2.24. The van der Waals surface area contributed by atoms with Crippen LogP contribution in [0.4, 0.5) is 11.4 Å². The normalized spacial score (nSPS) is 15.6. The van der Waals surface area contributed by atoms with Gasteiger partial charge in [-0.1, -0.05) is 25.1 Å². The molecule has 144 valence electrons. The van der Waals surface area contributed by atoms with Crippen molar-refractivity contribution in [2.45, 2.75) is 23.1 Å². The van der Waals surface area contributed by atoms with E-state index in [0.717, 1.165) is 31.9 Å². The van der Waals surface area contributed by atoms with E-state index in [1.807, 2.05) is 6.07 Å². The van der Waals surface area contributed by atoms with Crippen LogP contribution >= 0.6 is 0 Å². The highest BCUT2D eigenvalue weighted by atomic mass is 32.2. The Balaban J connectivity index is 2.01. The summed E-state index contributed by atoms with van der Waals surface area (Å²) in [6.45, 7) is 5.36. The number of piperazine rings is 1. The number of benzene rings is 2. The predicted octanol–water partition coefficient (Wildman–Crippen LogP) is 2.62. The van der Waals surface area contributed by atoms with Gasteiger partial charge in [-0.2, -0.15) is 0 Å². The van der Waals surface area contributed by atoms with E-state index >= 15 is 0 Å². The maximum absolute atomic E-state index is 13.1. The third-order valence-electron chi connectivity index (χ3n) is 4.77. The van der Waals surface area contributed by atoms with Crippen LogP contribution in [0, 0.1) is 0 Å². The van der Waals surface area contributed by atoms with E-state index in [1.165, 1.54) is 0 Å². The molecule has 0 spiro atoms. The molecule has 1 saturated heterocycles. The first-order valence-corrected chi connectivity index (χ1v) is 10.6. The quantitative estimate of drug-likeness (QED) is 0.854. The lowest BCUT2D eigenvalue weighted by atomic mass is 10.2. The van der Waals surface area contributed by atoms with Gasteiger partial charge in [-0.05, 0) is 37.4 Å². The van der Waals surface area contributed by atoms with Crippen LogP contribution in [0.5, 0.6) is 0 Å². The van der Waals surface area contributed by atoms with Crippen molar-refractivity contribution in [2.24, 2.45) is 0 Å². The van der Waals surface area contributed by atoms with Gasteiger partial charge in [-0.25, -0.2) is 8.42 Å². The van der Waals surface area contributed by atoms with Crippen molar-refractivity contribution in [3.8, 4) is 0 Å². The van der Waals surface area contributed by atoms with Crippen LogP contribution in [0.2, 0.25) is 0 Å². The summed E-state index contributed by atoms with van der Waals surface area (Å²) in [7, 11) is -1.64. The average molecular weight is 388 g/mol. The van der Waals surface area contributed by atoms with Crippen molar-refractivity contribution in [1.82, 2.24) is 4.90 Å². The molecule has 0 bridgehead atoms. The first-order valence-electron chi connectivity index (χ1n) is 9.09. The number of hydrogen-bond donors (Lipinski definition) is 1. The number of carbonyl (C=O) groups is 1. The van der Waals surface area contributed by atoms with E-state index in [1.54, 1.807) is 49.4 Å². The molecule has 1 amide bonds. The van der Waals surface area contributed by atoms with Gasteiger partial charge in [-0.15, -0.1) is 0 Å². The fourth-order valence-corrected chi connectivity index (χ4v) is 4.49. The fraction of sp³-hybridized carbons (Fsp3) is 0.350. The molecular weight excluding hydrogens is 362 g/mol. The Morgan fingerprint density at radius 1 is 1.04 bits per heavy atom. The SMILES string of the molecule is CCC(=O)Nc1cc(N2CCN(C)CC2)ccc1S(=O)(=O)c1ccccc1. The lowest BCUT2D eigenvalue weighted by molar-refractivity contribution is -0.115. The molecule has 2 aromatic carbocycles. The Labute approximate surface area is 160 Å². The maximum Gasteiger partial charge on any atom is 0.224 e. The zero-order valence-corrected chi connectivity index (χ0v) is 16.5. The Kier molecular flexibility index (Phi) is 5.82. The van der Waals surface area contributed by atoms with Gasteiger partial charge in [0.05, 0.1) is 15.5 Å². The molecule has 1 heterocycles. The molecule has 27 heavy (non-hydrogen) atoms. The molecule has 0 unspecified atom stereocenters. The zero-order chi connectivity index (χ0) is 19.4. The first-order chi connectivity index (χ1) is 12.9. The van der Waals surface area contributed by atoms with E-state index in [9.17, 15) is 13.2 Å². The van der Waals surface area contributed by atoms with Crippen LogP contribution in [0.25, 0.3) is 0 Å². The van der Waals surface area contributed by atoms with E-state index in [-0.39, 0.29) is 22.1 Å². The minimum atomic E-state index is -3.72. The highest BCUT2D eigenvalue weighted by molar-refractivity contribution is 7.91. The molecule has 0 radical (unpaired) electrons. The monoisotopic (exact) mass is 387 g/mol. The number of anilines is 2. The number of nitrogens with one attached hydrogen (secondary N) is 1. The summed E-state index contributed by atoms with van der Waals surface area (Å²) in [5.41, 5.74) is 1.25. The summed E-state index contributed by atoms with van der Waals surface area (Å²) in [5.74, 6) is -0.213. The van der Waals surface area contributed by atoms with Crippen molar-refractivity contribution in [1.29, 1.82) is 0 Å². The molecule has 0 aromatic heterocycles. The molecule has 3 rings (SSSR count). The van der Waals surface area contributed by atoms with E-state index < -0.39 is 9.84 Å². The Morgan fingerprint density at radius 2 is 1.70 bits per heavy atom. The third kappa shape index (κ3) is 4.31. The summed E-state index contributed by atoms with van der Waals surface area (Å²) in [5, 5.41) is 2.77. The van der Waals surface area contributed by atoms with Gasteiger partial charge in [0, 0.05) is 38.3 Å². The molecule has 6 nitrogen and oxygen atoms in total. The van der Waals surface area contributed by atoms with Gasteiger partial charge in [0.2, 0.25) is 15.7 Å². The molecule has 7 heteroatoms. The highest BCUT2D eigenvalue weighted by Crippen LogP contribution is 2.32. The van der Waals surface area contributed by atoms with Crippen LogP contribution < -0.4 is 10.2 Å². The van der Waals surface area contributed by atoms with Crippen molar-refractivity contribution >= 4 is 27.1 Å². The second-order valence-electron chi connectivity index (χ2n) is 6.69. The molecule has 0 atom stereocenters. The number of sulfone groups is 1. The van der Waals surface area contributed by atoms with Crippen molar-refractivity contribution in [3.05, 3.63) is 48.5 Å². The molecule has 2 aromatic rings. The summed E-state index contributed by atoms with van der Waals surface area (Å²) < 4.78 is 26.2. The van der Waals surface area contributed by atoms with Crippen LogP contribution in [0.1, 0.15) is 13.3 Å². The summed E-state index contributed by atoms with van der Waals surface area (Å²) >= 11 is 0. The van der Waals surface area contributed by atoms with E-state index in [4.69, 9.17) is 0 Å². The fourth-order valence-electron chi connectivity index (χ4n) is 3.08. The van der Waals surface area contributed by atoms with Crippen LogP contribution in [0.3, 0.4) is 0 Å². The molecule has 0 saturated carbocycles. The topological polar surface area (TPSA) is 69.7 Å². The number of carbonyl (C=O) groups excluding carboxylic acids is 1. The lowest BCUT2D eigenvalue weighted by Gasteiger charge is -2.34. The Bertz CT molecular complexity index is 905. The molecule has 0 aliphatic carbocycles. The minimum absolute atomic E-state index is 0.119. The van der Waals surface area contributed by atoms with Crippen molar-refractivity contribution in [3.63, 3.8) is 0 Å². The average Bonchev–Trinajstić information content (AvgIpc) is 2.69. The van der Waals surface area contributed by atoms with Gasteiger partial charge in [0.25, 0.3) is 0 Å². The minimum Gasteiger partial charge on any atom is -0.369 e. The maximum atomic E-state index is 13.1. The number of rotatable bonds is 5. The number of likely N-dealkylation sites (N-methyl/N-ethyl adjacent to an activating group) is 1. The van der Waals surface area contributed by atoms with Gasteiger partial charge < -0.3 is 15.1 Å². The summed E-state index contributed by atoms with van der Waals surface area (Å²) in [6, 6.07) is 13.5. The Morgan fingerprint density at radius 3 is 2.33 bits per heavy atom. The molecule has 1 aliphatic heterocycles. The molecule has 1 fully saturated rings. The van der Waals surface area contributed by atoms with Crippen LogP contribution in [-0.2, 0) is 14.6 Å². The van der Waals surface area contributed by atoms with Gasteiger partial charge >= 0.3 is 0 Å². The number of nitrogens with zero attached hydrogens (tertiary/aromatic N) is 2. The molecule has 1 aliphatic rings. The van der Waals surface area contributed by atoms with Crippen molar-refractivity contribution in [2.75, 3.05) is 43.4 Å². The van der Waals surface area contributed by atoms with Crippen molar-refractivity contribution < 1.29 is 13.2 Å². The molecular formula is C20H25N3O3S. The second-order valence-corrected chi connectivity index (χ2v) is 8.61. The standard InChI is InChI=1S/C20H25N3O3S/c1-3-20(24)21-18-15-16(23-13-11-22(2)12-14-23)9-10-19(18)27(25,26)17-7-5-4-6-8-17/h4-10,15H,3,11-14H2,1-2H3,(H,21,24). The number of hydrogen-bond acceptors (Lipinski definition) is 5. The first kappa shape index (κ1) is 19.4. The number of amides is 1. The van der Waals surface area contributed by atoms with Gasteiger partial charge in [0.1, 0.15) is 0 Å². The van der Waals surface area contributed by atoms with E-state index in [0.29, 0.717) is 5.69 Å². The third-order valence-corrected chi connectivity index (χ3v) is 6.60. The largest absolute Gasteiger partial charge is 0.369 e. The predicted molar refractivity (Wildman–Crippen MR) is 107 cm³/mol. The Hall–Kier alpha value is -2.38. The van der Waals surface area contributed by atoms with Gasteiger partial charge in [-0.3, -0.25) is 4.79 Å². The second kappa shape index (κ2) is 8.10. The summed E-state index contributed by atoms with van der Waals surface area (Å²) in [4.78, 5) is 16.8.